The fraction of sp³-hybridized carbons (Fsp3) is 0.125. The lowest BCUT2D eigenvalue weighted by Gasteiger charge is -2.13. The summed E-state index contributed by atoms with van der Waals surface area (Å²) in [6.45, 7) is -1.47. The van der Waals surface area contributed by atoms with Gasteiger partial charge < -0.3 is 10.1 Å². The number of anilines is 1. The molecule has 1 N–H and O–H groups in total. The Labute approximate surface area is 140 Å². The summed E-state index contributed by atoms with van der Waals surface area (Å²) in [5.41, 5.74) is 0.750. The largest absolute Gasteiger partial charge is 0.482 e. The van der Waals surface area contributed by atoms with Crippen molar-refractivity contribution in [2.75, 3.05) is 11.9 Å². The van der Waals surface area contributed by atoms with Crippen LogP contribution < -0.4 is 10.1 Å². The first-order chi connectivity index (χ1) is 11.3. The molecule has 2 aromatic rings. The van der Waals surface area contributed by atoms with Gasteiger partial charge in [0.05, 0.1) is 5.69 Å². The quantitative estimate of drug-likeness (QED) is 0.811. The molecule has 1 heterocycles. The first-order valence-electron chi connectivity index (χ1n) is 6.72. The highest BCUT2D eigenvalue weighted by Crippen LogP contribution is 2.29. The van der Waals surface area contributed by atoms with Gasteiger partial charge in [0.15, 0.2) is 6.61 Å². The molecule has 8 heteroatoms. The van der Waals surface area contributed by atoms with Crippen molar-refractivity contribution < 1.29 is 22.7 Å². The molecular formula is C16H12ClF3N2O2. The van der Waals surface area contributed by atoms with Crippen LogP contribution >= 0.6 is 11.6 Å². The van der Waals surface area contributed by atoms with Gasteiger partial charge in [-0.2, -0.15) is 13.2 Å². The number of carbonyl (C=O) groups excluding carboxylic acids is 1. The number of benzene rings is 1. The molecule has 0 saturated heterocycles. The van der Waals surface area contributed by atoms with E-state index in [0.717, 1.165) is 0 Å². The van der Waals surface area contributed by atoms with Crippen LogP contribution in [0.2, 0.25) is 5.02 Å². The first-order valence-corrected chi connectivity index (χ1v) is 7.09. The summed E-state index contributed by atoms with van der Waals surface area (Å²) in [5.74, 6) is -0.669. The van der Waals surface area contributed by atoms with Crippen molar-refractivity contribution in [1.82, 2.24) is 4.98 Å². The molecule has 0 aliphatic rings. The molecule has 0 fully saturated rings. The second-order valence-corrected chi connectivity index (χ2v) is 5.09. The summed E-state index contributed by atoms with van der Waals surface area (Å²) in [4.78, 5) is 15.8. The van der Waals surface area contributed by atoms with Gasteiger partial charge in [0.1, 0.15) is 5.75 Å². The normalized spacial score (nSPS) is 11.5. The molecule has 1 amide bonds. The highest BCUT2D eigenvalue weighted by atomic mass is 35.5. The van der Waals surface area contributed by atoms with Crippen LogP contribution in [0.3, 0.4) is 0 Å². The van der Waals surface area contributed by atoms with E-state index in [1.165, 1.54) is 30.4 Å². The van der Waals surface area contributed by atoms with Crippen molar-refractivity contribution in [1.29, 1.82) is 0 Å². The Balaban J connectivity index is 2.08. The summed E-state index contributed by atoms with van der Waals surface area (Å²) in [5, 5.41) is 2.69. The van der Waals surface area contributed by atoms with E-state index in [1.807, 2.05) is 0 Å². The lowest BCUT2D eigenvalue weighted by Crippen LogP contribution is -2.20. The van der Waals surface area contributed by atoms with Crippen LogP contribution in [0.5, 0.6) is 5.75 Å². The maximum absolute atomic E-state index is 12.3. The molecule has 0 radical (unpaired) electrons. The summed E-state index contributed by atoms with van der Waals surface area (Å²) in [6.07, 6.45) is 1.41. The molecule has 126 valence electrons. The van der Waals surface area contributed by atoms with Crippen LogP contribution in [0.25, 0.3) is 6.08 Å². The van der Waals surface area contributed by atoms with Crippen molar-refractivity contribution >= 4 is 29.3 Å². The van der Waals surface area contributed by atoms with Crippen LogP contribution in [0.1, 0.15) is 5.56 Å². The Kier molecular flexibility index (Phi) is 5.81. The lowest BCUT2D eigenvalue weighted by molar-refractivity contribution is -0.153. The second kappa shape index (κ2) is 7.83. The second-order valence-electron chi connectivity index (χ2n) is 4.65. The van der Waals surface area contributed by atoms with Gasteiger partial charge in [-0.05, 0) is 35.9 Å². The smallest absolute Gasteiger partial charge is 0.422 e. The van der Waals surface area contributed by atoms with E-state index in [2.05, 4.69) is 15.0 Å². The fourth-order valence-electron chi connectivity index (χ4n) is 1.71. The minimum atomic E-state index is -4.48. The van der Waals surface area contributed by atoms with Crippen molar-refractivity contribution in [2.24, 2.45) is 0 Å². The van der Waals surface area contributed by atoms with Gasteiger partial charge in [0.25, 0.3) is 0 Å². The molecule has 0 aliphatic carbocycles. The SMILES string of the molecule is O=C(/C=C/c1cccnc1)Nc1cc(Cl)ccc1OCC(F)(F)F. The molecule has 0 bridgehead atoms. The average Bonchev–Trinajstić information content (AvgIpc) is 2.52. The topological polar surface area (TPSA) is 51.2 Å². The molecule has 0 spiro atoms. The Morgan fingerprint density at radius 3 is 2.79 bits per heavy atom. The number of nitrogens with one attached hydrogen (secondary N) is 1. The molecule has 1 aromatic carbocycles. The van der Waals surface area contributed by atoms with E-state index in [0.29, 0.717) is 5.56 Å². The Bertz CT molecular complexity index is 734. The van der Waals surface area contributed by atoms with Crippen molar-refractivity contribution in [3.05, 3.63) is 59.4 Å². The molecular weight excluding hydrogens is 345 g/mol. The average molecular weight is 357 g/mol. The summed E-state index contributed by atoms with van der Waals surface area (Å²) >= 11 is 5.81. The number of hydrogen-bond donors (Lipinski definition) is 1. The van der Waals surface area contributed by atoms with Crippen LogP contribution in [0.4, 0.5) is 18.9 Å². The van der Waals surface area contributed by atoms with Crippen molar-refractivity contribution in [2.45, 2.75) is 6.18 Å². The number of amides is 1. The molecule has 0 aliphatic heterocycles. The van der Waals surface area contributed by atoms with E-state index < -0.39 is 18.7 Å². The van der Waals surface area contributed by atoms with E-state index >= 15 is 0 Å². The number of ether oxygens (including phenoxy) is 1. The number of halogens is 4. The third-order valence-electron chi connectivity index (χ3n) is 2.70. The van der Waals surface area contributed by atoms with Crippen LogP contribution in [-0.4, -0.2) is 23.7 Å². The molecule has 0 saturated carbocycles. The summed E-state index contributed by atoms with van der Waals surface area (Å²) < 4.78 is 41.5. The van der Waals surface area contributed by atoms with Gasteiger partial charge in [0, 0.05) is 23.5 Å². The standard InChI is InChI=1S/C16H12ClF3N2O2/c17-12-4-5-14(24-10-16(18,19)20)13(8-12)22-15(23)6-3-11-2-1-7-21-9-11/h1-9H,10H2,(H,22,23)/b6-3+. The zero-order valence-corrected chi connectivity index (χ0v) is 12.9. The fourth-order valence-corrected chi connectivity index (χ4v) is 1.88. The third kappa shape index (κ3) is 5.92. The zero-order chi connectivity index (χ0) is 17.6. The van der Waals surface area contributed by atoms with Crippen molar-refractivity contribution in [3.8, 4) is 5.75 Å². The van der Waals surface area contributed by atoms with Crippen LogP contribution in [-0.2, 0) is 4.79 Å². The predicted octanol–water partition coefficient (Wildman–Crippen LogP) is 4.33. The number of alkyl halides is 3. The summed E-state index contributed by atoms with van der Waals surface area (Å²) in [7, 11) is 0. The maximum Gasteiger partial charge on any atom is 0.422 e. The van der Waals surface area contributed by atoms with Gasteiger partial charge in [-0.3, -0.25) is 9.78 Å². The number of pyridine rings is 1. The van der Waals surface area contributed by atoms with Gasteiger partial charge in [-0.1, -0.05) is 17.7 Å². The predicted molar refractivity (Wildman–Crippen MR) is 84.9 cm³/mol. The minimum Gasteiger partial charge on any atom is -0.482 e. The Morgan fingerprint density at radius 1 is 1.33 bits per heavy atom. The van der Waals surface area contributed by atoms with Crippen LogP contribution in [0.15, 0.2) is 48.8 Å². The van der Waals surface area contributed by atoms with Gasteiger partial charge in [-0.15, -0.1) is 0 Å². The molecule has 24 heavy (non-hydrogen) atoms. The van der Waals surface area contributed by atoms with Gasteiger partial charge >= 0.3 is 6.18 Å². The zero-order valence-electron chi connectivity index (χ0n) is 12.2. The third-order valence-corrected chi connectivity index (χ3v) is 2.94. The Morgan fingerprint density at radius 2 is 2.12 bits per heavy atom. The monoisotopic (exact) mass is 356 g/mol. The Hall–Kier alpha value is -2.54. The van der Waals surface area contributed by atoms with E-state index in [1.54, 1.807) is 24.5 Å². The van der Waals surface area contributed by atoms with Crippen LogP contribution in [0, 0.1) is 0 Å². The maximum atomic E-state index is 12.3. The number of aromatic nitrogens is 1. The van der Waals surface area contributed by atoms with E-state index in [-0.39, 0.29) is 16.5 Å². The van der Waals surface area contributed by atoms with Gasteiger partial charge in [-0.25, -0.2) is 0 Å². The summed E-state index contributed by atoms with van der Waals surface area (Å²) in [6, 6.07) is 7.39. The number of rotatable bonds is 5. The first kappa shape index (κ1) is 17.8. The van der Waals surface area contributed by atoms with E-state index in [9.17, 15) is 18.0 Å². The molecule has 0 unspecified atom stereocenters. The highest BCUT2D eigenvalue weighted by molar-refractivity contribution is 6.31. The van der Waals surface area contributed by atoms with E-state index in [4.69, 9.17) is 11.6 Å². The van der Waals surface area contributed by atoms with Crippen molar-refractivity contribution in [3.63, 3.8) is 0 Å². The highest BCUT2D eigenvalue weighted by Gasteiger charge is 2.28. The minimum absolute atomic E-state index is 0.0487. The molecule has 1 aromatic heterocycles. The number of hydrogen-bond acceptors (Lipinski definition) is 3. The number of nitrogens with zero attached hydrogens (tertiary/aromatic N) is 1. The van der Waals surface area contributed by atoms with Gasteiger partial charge in [0.2, 0.25) is 5.91 Å². The number of carbonyl (C=O) groups is 1. The molecule has 4 nitrogen and oxygen atoms in total. The molecule has 0 atom stereocenters. The lowest BCUT2D eigenvalue weighted by atomic mass is 10.2. The molecule has 2 rings (SSSR count).